The van der Waals surface area contributed by atoms with Crippen molar-refractivity contribution in [3.63, 3.8) is 0 Å². The summed E-state index contributed by atoms with van der Waals surface area (Å²) in [6, 6.07) is 10.6. The van der Waals surface area contributed by atoms with Crippen LogP contribution in [0.4, 0.5) is 13.2 Å². The Labute approximate surface area is 145 Å². The molecular formula is C17H14BrF3N2O. The molecule has 0 bridgehead atoms. The normalized spacial score (nSPS) is 18.0. The highest BCUT2D eigenvalue weighted by Crippen LogP contribution is 2.38. The molecule has 1 fully saturated rings. The third kappa shape index (κ3) is 3.45. The van der Waals surface area contributed by atoms with Gasteiger partial charge >= 0.3 is 6.18 Å². The lowest BCUT2D eigenvalue weighted by molar-refractivity contribution is -0.138. The van der Waals surface area contributed by atoms with E-state index < -0.39 is 11.7 Å². The van der Waals surface area contributed by atoms with E-state index in [1.165, 1.54) is 12.1 Å². The summed E-state index contributed by atoms with van der Waals surface area (Å²) in [6.45, 7) is 0.685. The molecule has 24 heavy (non-hydrogen) atoms. The van der Waals surface area contributed by atoms with Gasteiger partial charge in [-0.05, 0) is 46.1 Å². The standard InChI is InChI=1S/C17H14BrF3N2O/c18-15-7-3-6-14(22-15)16(24)23-9-8-11(10-23)12-4-1-2-5-13(12)17(19,20)21/h1-7,11H,8-10H2/t11-/m1/s1. The van der Waals surface area contributed by atoms with Crippen LogP contribution in [0.2, 0.25) is 0 Å². The number of likely N-dealkylation sites (tertiary alicyclic amines) is 1. The van der Waals surface area contributed by atoms with Crippen LogP contribution in [0.15, 0.2) is 47.1 Å². The van der Waals surface area contributed by atoms with Gasteiger partial charge < -0.3 is 4.90 Å². The zero-order valence-corrected chi connectivity index (χ0v) is 14.1. The topological polar surface area (TPSA) is 33.2 Å². The predicted molar refractivity (Wildman–Crippen MR) is 86.6 cm³/mol. The Hall–Kier alpha value is -1.89. The number of halogens is 4. The van der Waals surface area contributed by atoms with Crippen LogP contribution in [0.1, 0.15) is 34.0 Å². The first kappa shape index (κ1) is 17.0. The number of rotatable bonds is 2. The van der Waals surface area contributed by atoms with Gasteiger partial charge in [-0.1, -0.05) is 24.3 Å². The number of amides is 1. The molecule has 1 amide bonds. The number of carbonyl (C=O) groups is 1. The maximum atomic E-state index is 13.2. The number of carbonyl (C=O) groups excluding carboxylic acids is 1. The van der Waals surface area contributed by atoms with Crippen LogP contribution in [-0.2, 0) is 6.18 Å². The summed E-state index contributed by atoms with van der Waals surface area (Å²) in [7, 11) is 0. The Balaban J connectivity index is 1.80. The van der Waals surface area contributed by atoms with Gasteiger partial charge in [0.05, 0.1) is 5.56 Å². The van der Waals surface area contributed by atoms with E-state index in [9.17, 15) is 18.0 Å². The van der Waals surface area contributed by atoms with Crippen molar-refractivity contribution in [2.75, 3.05) is 13.1 Å². The third-order valence-corrected chi connectivity index (χ3v) is 4.56. The fraction of sp³-hybridized carbons (Fsp3) is 0.294. The van der Waals surface area contributed by atoms with E-state index in [0.717, 1.165) is 6.07 Å². The largest absolute Gasteiger partial charge is 0.416 e. The van der Waals surface area contributed by atoms with E-state index >= 15 is 0 Å². The number of nitrogens with zero attached hydrogens (tertiary/aromatic N) is 2. The van der Waals surface area contributed by atoms with Gasteiger partial charge in [-0.25, -0.2) is 4.98 Å². The van der Waals surface area contributed by atoms with E-state index in [2.05, 4.69) is 20.9 Å². The molecule has 3 rings (SSSR count). The third-order valence-electron chi connectivity index (χ3n) is 4.12. The predicted octanol–water partition coefficient (Wildman–Crippen LogP) is 4.49. The molecule has 0 unspecified atom stereocenters. The summed E-state index contributed by atoms with van der Waals surface area (Å²) >= 11 is 3.21. The van der Waals surface area contributed by atoms with Crippen LogP contribution >= 0.6 is 15.9 Å². The molecule has 126 valence electrons. The van der Waals surface area contributed by atoms with Gasteiger partial charge in [0, 0.05) is 19.0 Å². The summed E-state index contributed by atoms with van der Waals surface area (Å²) < 4.78 is 40.1. The number of hydrogen-bond donors (Lipinski definition) is 0. The highest BCUT2D eigenvalue weighted by molar-refractivity contribution is 9.10. The first-order valence-electron chi connectivity index (χ1n) is 7.44. The molecule has 1 atom stereocenters. The fourth-order valence-corrected chi connectivity index (χ4v) is 3.34. The Bertz CT molecular complexity index is 763. The average Bonchev–Trinajstić information content (AvgIpc) is 3.03. The SMILES string of the molecule is O=C(c1cccc(Br)n1)N1CC[C@@H](c2ccccc2C(F)(F)F)C1. The molecule has 2 aromatic rings. The molecule has 1 saturated heterocycles. The van der Waals surface area contributed by atoms with E-state index in [-0.39, 0.29) is 29.6 Å². The monoisotopic (exact) mass is 398 g/mol. The Kier molecular flexibility index (Phi) is 4.62. The van der Waals surface area contributed by atoms with Crippen molar-refractivity contribution in [3.05, 3.63) is 63.9 Å². The highest BCUT2D eigenvalue weighted by Gasteiger charge is 2.37. The second kappa shape index (κ2) is 6.55. The Morgan fingerprint density at radius 3 is 2.62 bits per heavy atom. The molecular weight excluding hydrogens is 385 g/mol. The second-order valence-corrected chi connectivity index (χ2v) is 6.48. The molecule has 0 spiro atoms. The Morgan fingerprint density at radius 2 is 1.92 bits per heavy atom. The second-order valence-electron chi connectivity index (χ2n) is 5.67. The van der Waals surface area contributed by atoms with Gasteiger partial charge in [-0.2, -0.15) is 13.2 Å². The summed E-state index contributed by atoms with van der Waals surface area (Å²) in [5.41, 5.74) is -0.0819. The first-order valence-corrected chi connectivity index (χ1v) is 8.23. The minimum absolute atomic E-state index is 0.252. The molecule has 0 saturated carbocycles. The minimum atomic E-state index is -4.39. The van der Waals surface area contributed by atoms with Crippen LogP contribution in [0.5, 0.6) is 0 Å². The van der Waals surface area contributed by atoms with Gasteiger partial charge in [0.15, 0.2) is 0 Å². The quantitative estimate of drug-likeness (QED) is 0.698. The highest BCUT2D eigenvalue weighted by atomic mass is 79.9. The number of pyridine rings is 1. The van der Waals surface area contributed by atoms with Crippen LogP contribution < -0.4 is 0 Å². The van der Waals surface area contributed by atoms with Crippen molar-refractivity contribution < 1.29 is 18.0 Å². The first-order chi connectivity index (χ1) is 11.4. The summed E-state index contributed by atoms with van der Waals surface area (Å²) in [4.78, 5) is 18.2. The van der Waals surface area contributed by atoms with E-state index in [0.29, 0.717) is 17.6 Å². The molecule has 1 aromatic heterocycles. The lowest BCUT2D eigenvalue weighted by Gasteiger charge is -2.19. The lowest BCUT2D eigenvalue weighted by Crippen LogP contribution is -2.29. The molecule has 0 aliphatic carbocycles. The average molecular weight is 399 g/mol. The number of hydrogen-bond acceptors (Lipinski definition) is 2. The number of aromatic nitrogens is 1. The smallest absolute Gasteiger partial charge is 0.337 e. The van der Waals surface area contributed by atoms with Gasteiger partial charge in [0.25, 0.3) is 5.91 Å². The van der Waals surface area contributed by atoms with Crippen LogP contribution in [0.25, 0.3) is 0 Å². The van der Waals surface area contributed by atoms with Gasteiger partial charge in [-0.3, -0.25) is 4.79 Å². The molecule has 0 radical (unpaired) electrons. The van der Waals surface area contributed by atoms with Crippen molar-refractivity contribution in [2.24, 2.45) is 0 Å². The maximum absolute atomic E-state index is 13.2. The molecule has 2 heterocycles. The van der Waals surface area contributed by atoms with Gasteiger partial charge in [0.2, 0.25) is 0 Å². The molecule has 3 nitrogen and oxygen atoms in total. The molecule has 1 aromatic carbocycles. The van der Waals surface area contributed by atoms with Crippen molar-refractivity contribution in [1.82, 2.24) is 9.88 Å². The summed E-state index contributed by atoms with van der Waals surface area (Å²) in [5.74, 6) is -0.581. The minimum Gasteiger partial charge on any atom is -0.337 e. The van der Waals surface area contributed by atoms with Crippen molar-refractivity contribution >= 4 is 21.8 Å². The van der Waals surface area contributed by atoms with Crippen LogP contribution in [-0.4, -0.2) is 28.9 Å². The number of alkyl halides is 3. The molecule has 7 heteroatoms. The van der Waals surface area contributed by atoms with Crippen LogP contribution in [0.3, 0.4) is 0 Å². The maximum Gasteiger partial charge on any atom is 0.416 e. The van der Waals surface area contributed by atoms with E-state index in [4.69, 9.17) is 0 Å². The van der Waals surface area contributed by atoms with Gasteiger partial charge in [-0.15, -0.1) is 0 Å². The molecule has 1 aliphatic rings. The van der Waals surface area contributed by atoms with Crippen molar-refractivity contribution in [1.29, 1.82) is 0 Å². The van der Waals surface area contributed by atoms with E-state index in [1.807, 2.05) is 0 Å². The fourth-order valence-electron chi connectivity index (χ4n) is 3.00. The molecule has 1 aliphatic heterocycles. The van der Waals surface area contributed by atoms with Crippen molar-refractivity contribution in [2.45, 2.75) is 18.5 Å². The lowest BCUT2D eigenvalue weighted by atomic mass is 9.93. The van der Waals surface area contributed by atoms with Crippen molar-refractivity contribution in [3.8, 4) is 0 Å². The van der Waals surface area contributed by atoms with E-state index in [1.54, 1.807) is 29.2 Å². The Morgan fingerprint density at radius 1 is 1.17 bits per heavy atom. The van der Waals surface area contributed by atoms with Gasteiger partial charge in [0.1, 0.15) is 10.3 Å². The number of benzene rings is 1. The summed E-state index contributed by atoms with van der Waals surface area (Å²) in [6.07, 6.45) is -3.88. The zero-order valence-electron chi connectivity index (χ0n) is 12.6. The molecule has 0 N–H and O–H groups in total. The van der Waals surface area contributed by atoms with Crippen LogP contribution in [0, 0.1) is 0 Å². The summed E-state index contributed by atoms with van der Waals surface area (Å²) in [5, 5.41) is 0. The zero-order chi connectivity index (χ0) is 17.3.